The molecule has 1 aliphatic rings. The molecule has 0 radical (unpaired) electrons. The third-order valence-electron chi connectivity index (χ3n) is 3.49. The Labute approximate surface area is 121 Å². The molecule has 77 valence electrons. The van der Waals surface area contributed by atoms with Gasteiger partial charge in [0.25, 0.3) is 0 Å². The van der Waals surface area contributed by atoms with E-state index < -0.39 is 39.7 Å². The maximum absolute atomic E-state index is 12.2. The SMILES string of the molecule is CCC1(CC)[C](=O)[Ac][c]2cc(Br)ccc21. The van der Waals surface area contributed by atoms with Crippen LogP contribution in [0.5, 0.6) is 0 Å². The van der Waals surface area contributed by atoms with Crippen LogP contribution in [0.25, 0.3) is 0 Å². The van der Waals surface area contributed by atoms with Crippen molar-refractivity contribution in [2.75, 3.05) is 0 Å². The van der Waals surface area contributed by atoms with Crippen molar-refractivity contribution < 1.29 is 44.5 Å². The van der Waals surface area contributed by atoms with Crippen LogP contribution in [0, 0.1) is 39.7 Å². The van der Waals surface area contributed by atoms with Crippen molar-refractivity contribution in [3.63, 3.8) is 0 Å². The van der Waals surface area contributed by atoms with Gasteiger partial charge in [0.2, 0.25) is 0 Å². The molecule has 0 N–H and O–H groups in total. The Kier molecular flexibility index (Phi) is 3.76. The topological polar surface area (TPSA) is 17.1 Å². The zero-order valence-electron chi connectivity index (χ0n) is 9.01. The summed E-state index contributed by atoms with van der Waals surface area (Å²) < 4.78 is 3.16. The molecule has 0 saturated carbocycles. The van der Waals surface area contributed by atoms with Crippen LogP contribution in [0.2, 0.25) is 0 Å². The summed E-state index contributed by atoms with van der Waals surface area (Å²) in [4.78, 5) is 12.2. The van der Waals surface area contributed by atoms with Crippen LogP contribution >= 0.6 is 15.9 Å². The van der Waals surface area contributed by atoms with E-state index in [0.29, 0.717) is 0.963 Å². The molecule has 0 spiro atoms. The number of fused-ring (bicyclic) bond motifs is 1. The van der Waals surface area contributed by atoms with Gasteiger partial charge in [-0.1, -0.05) is 0 Å². The molecule has 0 bridgehead atoms. The van der Waals surface area contributed by atoms with E-state index in [0.717, 1.165) is 17.3 Å². The molecule has 1 nitrogen and oxygen atoms in total. The number of carbonyl (C=O) groups excluding carboxylic acids is 1. The third kappa shape index (κ3) is 1.90. The normalized spacial score (nSPS) is 16.9. The summed E-state index contributed by atoms with van der Waals surface area (Å²) in [6.45, 7) is 4.29. The van der Waals surface area contributed by atoms with E-state index >= 15 is 0 Å². The zero-order valence-corrected chi connectivity index (χ0v) is 15.3. The first-order chi connectivity index (χ1) is 7.14. The molecule has 1 aromatic carbocycles. The van der Waals surface area contributed by atoms with Crippen molar-refractivity contribution in [1.29, 1.82) is 0 Å². The molecule has 0 aromatic heterocycles. The van der Waals surface area contributed by atoms with Gasteiger partial charge in [-0.15, -0.1) is 0 Å². The van der Waals surface area contributed by atoms with Gasteiger partial charge in [-0.3, -0.25) is 0 Å². The summed E-state index contributed by atoms with van der Waals surface area (Å²) in [6.07, 6.45) is 1.94. The van der Waals surface area contributed by atoms with Gasteiger partial charge in [0, 0.05) is 0 Å². The molecule has 15 heavy (non-hydrogen) atoms. The first kappa shape index (κ1) is 12.3. The number of carbonyl (C=O) groups is 1. The van der Waals surface area contributed by atoms with E-state index in [-0.39, 0.29) is 5.41 Å². The molecule has 0 atom stereocenters. The second-order valence-electron chi connectivity index (χ2n) is 4.03. The molecule has 1 aromatic rings. The molecular weight excluding hydrogens is 467 g/mol. The van der Waals surface area contributed by atoms with Crippen LogP contribution in [-0.4, -0.2) is 0.963 Å². The Hall–Kier alpha value is 0.812. The fourth-order valence-electron chi connectivity index (χ4n) is 2.48. The quantitative estimate of drug-likeness (QED) is 0.637. The van der Waals surface area contributed by atoms with Gasteiger partial charge < -0.3 is 0 Å². The van der Waals surface area contributed by atoms with Crippen LogP contribution in [0.4, 0.5) is 0 Å². The van der Waals surface area contributed by atoms with E-state index in [1.54, 1.807) is 0 Å². The number of rotatable bonds is 2. The summed E-state index contributed by atoms with van der Waals surface area (Å²) in [5.74, 6) is 0. The van der Waals surface area contributed by atoms with Crippen molar-refractivity contribution in [2.45, 2.75) is 32.1 Å². The maximum atomic E-state index is 12.2. The Morgan fingerprint density at radius 1 is 1.33 bits per heavy atom. The van der Waals surface area contributed by atoms with Gasteiger partial charge in [0.05, 0.1) is 0 Å². The van der Waals surface area contributed by atoms with Crippen molar-refractivity contribution in [1.82, 2.24) is 0 Å². The summed E-state index contributed by atoms with van der Waals surface area (Å²) in [6, 6.07) is 6.42. The molecule has 1 heterocycles. The monoisotopic (exact) mass is 479 g/mol. The fourth-order valence-corrected chi connectivity index (χ4v) is 11.7. The molecular formula is C12H13AcBrO. The fraction of sp³-hybridized carbons (Fsp3) is 0.417. The average Bonchev–Trinajstić information content (AvgIpc) is 2.49. The minimum absolute atomic E-state index is 0.101. The standard InChI is InChI=1S/C12H13BrO.Ac/c1-3-12(4-2,9-14)10-5-7-11(13)8-6-10;/h5,7-8H,3-4H2,1-2H3;. The first-order valence-electron chi connectivity index (χ1n) is 5.33. The Balaban J connectivity index is 2.59. The minimum atomic E-state index is -1.46. The predicted molar refractivity (Wildman–Crippen MR) is 61.0 cm³/mol. The number of hydrogen-bond donors (Lipinski definition) is 0. The van der Waals surface area contributed by atoms with Crippen LogP contribution < -0.4 is 0.743 Å². The third-order valence-corrected chi connectivity index (χ3v) is 10.6. The van der Waals surface area contributed by atoms with Crippen molar-refractivity contribution in [3.8, 4) is 0 Å². The van der Waals surface area contributed by atoms with E-state index in [1.807, 2.05) is 0 Å². The predicted octanol–water partition coefficient (Wildman–Crippen LogP) is 2.76. The number of benzene rings is 1. The second kappa shape index (κ2) is 4.59. The zero-order chi connectivity index (χ0) is 11.1. The number of halogens is 1. The molecule has 0 aliphatic carbocycles. The average molecular weight is 480 g/mol. The molecule has 2 rings (SSSR count). The second-order valence-corrected chi connectivity index (χ2v) is 10.8. The van der Waals surface area contributed by atoms with Gasteiger partial charge in [-0.05, 0) is 0 Å². The molecule has 3 heteroatoms. The Morgan fingerprint density at radius 2 is 2.00 bits per heavy atom. The van der Waals surface area contributed by atoms with Crippen LogP contribution in [0.1, 0.15) is 32.3 Å². The van der Waals surface area contributed by atoms with Crippen molar-refractivity contribution in [3.05, 3.63) is 28.2 Å². The van der Waals surface area contributed by atoms with Crippen LogP contribution in [-0.2, 0) is 10.2 Å². The van der Waals surface area contributed by atoms with E-state index in [2.05, 4.69) is 48.0 Å². The first-order valence-corrected chi connectivity index (χ1v) is 10.9. The molecule has 0 amide bonds. The van der Waals surface area contributed by atoms with Crippen LogP contribution in [0.15, 0.2) is 22.7 Å². The summed E-state index contributed by atoms with van der Waals surface area (Å²) in [7, 11) is 0. The molecule has 0 fully saturated rings. The summed E-state index contributed by atoms with van der Waals surface area (Å²) in [5, 5.41) is 0. The Morgan fingerprint density at radius 3 is 2.60 bits per heavy atom. The van der Waals surface area contributed by atoms with Crippen molar-refractivity contribution in [2.24, 2.45) is 0 Å². The van der Waals surface area contributed by atoms with Gasteiger partial charge in [0.15, 0.2) is 0 Å². The van der Waals surface area contributed by atoms with E-state index in [1.165, 1.54) is 6.31 Å². The van der Waals surface area contributed by atoms with Gasteiger partial charge in [-0.25, -0.2) is 0 Å². The number of hydrogen-bond acceptors (Lipinski definition) is 1. The molecule has 0 unspecified atom stereocenters. The van der Waals surface area contributed by atoms with Gasteiger partial charge in [-0.2, -0.15) is 0 Å². The van der Waals surface area contributed by atoms with E-state index in [4.69, 9.17) is 0 Å². The van der Waals surface area contributed by atoms with E-state index in [9.17, 15) is 4.79 Å². The summed E-state index contributed by atoms with van der Waals surface area (Å²) in [5.41, 5.74) is 1.25. The molecule has 1 aliphatic heterocycles. The van der Waals surface area contributed by atoms with Crippen molar-refractivity contribution >= 4 is 17.6 Å². The summed E-state index contributed by atoms with van der Waals surface area (Å²) >= 11 is 2.03. The van der Waals surface area contributed by atoms with Crippen LogP contribution in [0.3, 0.4) is 0 Å². The molecule has 0 saturated heterocycles. The van der Waals surface area contributed by atoms with Gasteiger partial charge in [0.1, 0.15) is 0 Å². The Bertz CT molecular complexity index is 410. The van der Waals surface area contributed by atoms with Gasteiger partial charge >= 0.3 is 122 Å².